The molecule has 312 valence electrons. The Hall–Kier alpha value is -5.03. The van der Waals surface area contributed by atoms with Gasteiger partial charge in [-0.2, -0.15) is 0 Å². The zero-order valence-electron chi connectivity index (χ0n) is 33.2. The summed E-state index contributed by atoms with van der Waals surface area (Å²) < 4.78 is 43.6. The molecule has 17 heteroatoms. The second kappa shape index (κ2) is 16.9. The molecule has 6 heterocycles. The van der Waals surface area contributed by atoms with Gasteiger partial charge in [0.1, 0.15) is 5.82 Å². The number of nitrogen functional groups attached to an aromatic ring is 1. The minimum atomic E-state index is -3.72. The summed E-state index contributed by atoms with van der Waals surface area (Å²) >= 11 is 1.47. The van der Waals surface area contributed by atoms with E-state index >= 15 is 4.39 Å². The maximum absolute atomic E-state index is 16.1. The van der Waals surface area contributed by atoms with Crippen LogP contribution in [-0.4, -0.2) is 82.9 Å². The quantitative estimate of drug-likeness (QED) is 0.153. The van der Waals surface area contributed by atoms with Crippen LogP contribution in [0.2, 0.25) is 0 Å². The first kappa shape index (κ1) is 40.7. The highest BCUT2D eigenvalue weighted by molar-refractivity contribution is 7.92. The third kappa shape index (κ3) is 8.81. The van der Waals surface area contributed by atoms with Gasteiger partial charge in [-0.25, -0.2) is 32.7 Å². The van der Waals surface area contributed by atoms with Gasteiger partial charge in [0.15, 0.2) is 5.82 Å². The number of nitrogens with one attached hydrogen (secondary N) is 2. The molecule has 4 fully saturated rings. The number of carbonyl (C=O) groups excluding carboxylic acids is 3. The number of sulfonamides is 1. The number of rotatable bonds is 10. The maximum Gasteiger partial charge on any atom is 0.234 e. The highest BCUT2D eigenvalue weighted by Gasteiger charge is 2.41. The van der Waals surface area contributed by atoms with Crippen LogP contribution in [0.5, 0.6) is 0 Å². The standard InChI is InChI=1S/C42H50FN9O5S2/c1-2-24-59(56,57)50-31-5-3-4-30(35(31)43)36-37(32-12-19-45-41(44)47-32)58-39(49-36)26-10-15-42(16-11-26)17-22-52(23-18-42)40(55)27-13-20-51(21-14-27)33-8-6-28(25-46-33)29-7-9-34(53)48-38(29)54/h3-6,8,12,19,25-27,29,50H,2,7,9-11,13-18,20-24H2,1H3,(H2,44,45,47)(H,48,53,54)/t29-/m0/s1. The second-order valence-electron chi connectivity index (χ2n) is 16.4. The van der Waals surface area contributed by atoms with Gasteiger partial charge in [-0.1, -0.05) is 19.1 Å². The smallest absolute Gasteiger partial charge is 0.234 e. The lowest BCUT2D eigenvalue weighted by Gasteiger charge is -2.46. The normalized spacial score (nSPS) is 20.5. The van der Waals surface area contributed by atoms with E-state index in [1.54, 1.807) is 37.5 Å². The predicted molar refractivity (Wildman–Crippen MR) is 224 cm³/mol. The average Bonchev–Trinajstić information content (AvgIpc) is 3.67. The lowest BCUT2D eigenvalue weighted by molar-refractivity contribution is -0.139. The number of nitrogens with zero attached hydrogens (tertiary/aromatic N) is 6. The van der Waals surface area contributed by atoms with Gasteiger partial charge in [0.05, 0.1) is 38.6 Å². The molecule has 1 aliphatic carbocycles. The van der Waals surface area contributed by atoms with Crippen LogP contribution in [0, 0.1) is 17.2 Å². The summed E-state index contributed by atoms with van der Waals surface area (Å²) in [6.07, 6.45) is 11.8. The number of amides is 3. The van der Waals surface area contributed by atoms with Crippen LogP contribution < -0.4 is 20.7 Å². The van der Waals surface area contributed by atoms with Gasteiger partial charge >= 0.3 is 0 Å². The lowest BCUT2D eigenvalue weighted by Crippen LogP contribution is -2.48. The minimum absolute atomic E-state index is 0.0145. The zero-order valence-corrected chi connectivity index (χ0v) is 34.8. The number of likely N-dealkylation sites (tertiary alicyclic amines) is 1. The summed E-state index contributed by atoms with van der Waals surface area (Å²) in [4.78, 5) is 60.7. The number of benzene rings is 1. The number of aromatic nitrogens is 4. The van der Waals surface area contributed by atoms with E-state index in [0.29, 0.717) is 35.5 Å². The highest BCUT2D eigenvalue weighted by atomic mass is 32.2. The first-order valence-corrected chi connectivity index (χ1v) is 23.1. The molecule has 3 amide bonds. The van der Waals surface area contributed by atoms with Gasteiger partial charge in [0.25, 0.3) is 0 Å². The molecule has 14 nitrogen and oxygen atoms in total. The summed E-state index contributed by atoms with van der Waals surface area (Å²) in [5, 5.41) is 3.30. The van der Waals surface area contributed by atoms with Crippen molar-refractivity contribution in [3.05, 3.63) is 65.2 Å². The number of piperidine rings is 3. The van der Waals surface area contributed by atoms with Crippen molar-refractivity contribution in [2.45, 2.75) is 89.4 Å². The number of thiazole rings is 1. The maximum atomic E-state index is 16.1. The van der Waals surface area contributed by atoms with E-state index in [4.69, 9.17) is 10.7 Å². The fraction of sp³-hybridized carbons (Fsp3) is 0.500. The van der Waals surface area contributed by atoms with Crippen molar-refractivity contribution < 1.29 is 27.2 Å². The Morgan fingerprint density at radius 3 is 2.42 bits per heavy atom. The third-order valence-corrected chi connectivity index (χ3v) is 15.4. The predicted octanol–water partition coefficient (Wildman–Crippen LogP) is 6.24. The van der Waals surface area contributed by atoms with Crippen LogP contribution >= 0.6 is 11.3 Å². The van der Waals surface area contributed by atoms with Crippen molar-refractivity contribution in [1.82, 2.24) is 30.2 Å². The Bertz CT molecular complexity index is 2310. The van der Waals surface area contributed by atoms with E-state index < -0.39 is 15.8 Å². The number of pyridine rings is 1. The lowest BCUT2D eigenvalue weighted by atomic mass is 9.65. The van der Waals surface area contributed by atoms with Gasteiger partial charge in [0, 0.05) is 62.4 Å². The van der Waals surface area contributed by atoms with Gasteiger partial charge in [0.2, 0.25) is 33.7 Å². The molecule has 1 atom stereocenters. The second-order valence-corrected chi connectivity index (χ2v) is 19.3. The van der Waals surface area contributed by atoms with Gasteiger partial charge in [-0.3, -0.25) is 24.4 Å². The first-order chi connectivity index (χ1) is 28.4. The third-order valence-electron chi connectivity index (χ3n) is 12.7. The van der Waals surface area contributed by atoms with E-state index in [0.717, 1.165) is 93.9 Å². The Labute approximate surface area is 347 Å². The average molecular weight is 844 g/mol. The van der Waals surface area contributed by atoms with Crippen LogP contribution in [-0.2, 0) is 24.4 Å². The molecule has 4 aliphatic rings. The van der Waals surface area contributed by atoms with Crippen LogP contribution in [0.25, 0.3) is 21.8 Å². The molecule has 0 unspecified atom stereocenters. The van der Waals surface area contributed by atoms with Crippen LogP contribution in [0.3, 0.4) is 0 Å². The minimum Gasteiger partial charge on any atom is -0.368 e. The molecule has 0 bridgehead atoms. The van der Waals surface area contributed by atoms with E-state index in [1.165, 1.54) is 17.4 Å². The van der Waals surface area contributed by atoms with Crippen molar-refractivity contribution in [2.24, 2.45) is 11.3 Å². The number of carbonyl (C=O) groups is 3. The van der Waals surface area contributed by atoms with Crippen molar-refractivity contribution in [3.63, 3.8) is 0 Å². The van der Waals surface area contributed by atoms with E-state index in [-0.39, 0.29) is 63.8 Å². The number of imide groups is 1. The molecule has 3 saturated heterocycles. The molecule has 1 saturated carbocycles. The SMILES string of the molecule is CCCS(=O)(=O)Nc1cccc(-c2nc(C3CCC4(CC3)CCN(C(=O)C3CCN(c5ccc([C@@H]6CCC(=O)NC6=O)cn5)CC3)CC4)sc2-c2ccnc(N)n2)c1F. The summed E-state index contributed by atoms with van der Waals surface area (Å²) in [7, 11) is -3.72. The van der Waals surface area contributed by atoms with Crippen molar-refractivity contribution in [3.8, 4) is 21.8 Å². The fourth-order valence-corrected chi connectivity index (χ4v) is 11.6. The van der Waals surface area contributed by atoms with Crippen molar-refractivity contribution >= 4 is 56.5 Å². The van der Waals surface area contributed by atoms with E-state index in [2.05, 4.69) is 34.8 Å². The highest BCUT2D eigenvalue weighted by Crippen LogP contribution is 2.51. The molecule has 4 aromatic rings. The Balaban J connectivity index is 0.877. The van der Waals surface area contributed by atoms with Gasteiger partial charge < -0.3 is 15.5 Å². The van der Waals surface area contributed by atoms with Gasteiger partial charge in [-0.05, 0) is 99.5 Å². The number of hydrogen-bond acceptors (Lipinski definition) is 12. The molecule has 3 aliphatic heterocycles. The van der Waals surface area contributed by atoms with Crippen molar-refractivity contribution in [1.29, 1.82) is 0 Å². The molecule has 8 rings (SSSR count). The van der Waals surface area contributed by atoms with Crippen LogP contribution in [0.4, 0.5) is 21.8 Å². The van der Waals surface area contributed by atoms with Gasteiger partial charge in [-0.15, -0.1) is 11.3 Å². The summed E-state index contributed by atoms with van der Waals surface area (Å²) in [6, 6.07) is 10.2. The summed E-state index contributed by atoms with van der Waals surface area (Å²) in [5.41, 5.74) is 7.92. The molecule has 1 aromatic carbocycles. The van der Waals surface area contributed by atoms with Crippen LogP contribution in [0.1, 0.15) is 100.0 Å². The molecular weight excluding hydrogens is 794 g/mol. The molecule has 4 N–H and O–H groups in total. The Morgan fingerprint density at radius 2 is 1.75 bits per heavy atom. The van der Waals surface area contributed by atoms with Crippen molar-refractivity contribution in [2.75, 3.05) is 47.3 Å². The zero-order chi connectivity index (χ0) is 41.3. The first-order valence-electron chi connectivity index (χ1n) is 20.6. The Morgan fingerprint density at radius 1 is 0.983 bits per heavy atom. The number of nitrogens with two attached hydrogens (primary N) is 1. The fourth-order valence-electron chi connectivity index (χ4n) is 9.24. The molecule has 0 radical (unpaired) electrons. The number of halogens is 1. The summed E-state index contributed by atoms with van der Waals surface area (Å²) in [6.45, 7) is 4.74. The number of hydrogen-bond donors (Lipinski definition) is 3. The molecule has 3 aromatic heterocycles. The topological polar surface area (TPSA) is 193 Å². The van der Waals surface area contributed by atoms with Crippen LogP contribution in [0.15, 0.2) is 48.8 Å². The molecule has 1 spiro atoms. The monoisotopic (exact) mass is 843 g/mol. The molecular formula is C42H50FN9O5S2. The molecule has 59 heavy (non-hydrogen) atoms. The summed E-state index contributed by atoms with van der Waals surface area (Å²) in [5.74, 6) is -0.356. The number of anilines is 3. The largest absolute Gasteiger partial charge is 0.368 e. The van der Waals surface area contributed by atoms with E-state index in [1.807, 2.05) is 12.1 Å². The Kier molecular flexibility index (Phi) is 11.7. The van der Waals surface area contributed by atoms with E-state index in [9.17, 15) is 22.8 Å².